The smallest absolute Gasteiger partial charge is 0.550 e. The van der Waals surface area contributed by atoms with Crippen molar-refractivity contribution in [2.75, 3.05) is 55.0 Å². The molecule has 0 aliphatic carbocycles. The van der Waals surface area contributed by atoms with Gasteiger partial charge in [0, 0.05) is 17.3 Å². The summed E-state index contributed by atoms with van der Waals surface area (Å²) in [5.74, 6) is -2.38. The van der Waals surface area contributed by atoms with Crippen LogP contribution in [0.3, 0.4) is 0 Å². The monoisotopic (exact) mass is 572 g/mol. The summed E-state index contributed by atoms with van der Waals surface area (Å²) in [5.41, 5.74) is -0.918. The number of aliphatic hydroxyl groups excluding tert-OH is 2. The zero-order valence-electron chi connectivity index (χ0n) is 20.0. The number of carbonyl (C=O) groups is 2. The number of nitrogens with zero attached hydrogens (tertiary/aromatic N) is 2. The summed E-state index contributed by atoms with van der Waals surface area (Å²) in [7, 11) is 9.88. The van der Waals surface area contributed by atoms with Crippen molar-refractivity contribution in [3.8, 4) is 0 Å². The first-order valence-electron chi connectivity index (χ1n) is 9.97. The molecule has 0 aliphatic rings. The van der Waals surface area contributed by atoms with E-state index in [1.807, 2.05) is 35.2 Å². The van der Waals surface area contributed by atoms with E-state index in [0.29, 0.717) is 35.1 Å². The maximum Gasteiger partial charge on any atom is 1.00 e. The summed E-state index contributed by atoms with van der Waals surface area (Å²) in [5, 5.41) is 34.4. The van der Waals surface area contributed by atoms with Crippen LogP contribution in [0.15, 0.2) is 0 Å². The Morgan fingerprint density at radius 2 is 1.21 bits per heavy atom. The summed E-state index contributed by atoms with van der Waals surface area (Å²) in [6.07, 6.45) is -0.597. The van der Waals surface area contributed by atoms with Crippen molar-refractivity contribution < 1.29 is 63.4 Å². The van der Waals surface area contributed by atoms with Crippen LogP contribution in [-0.2, 0) is 9.59 Å². The van der Waals surface area contributed by atoms with Crippen molar-refractivity contribution in [2.45, 2.75) is 119 Å². The van der Waals surface area contributed by atoms with Crippen LogP contribution in [0.25, 0.3) is 0 Å². The first kappa shape index (κ1) is 71.3. The van der Waals surface area contributed by atoms with Crippen LogP contribution in [0.1, 0.15) is 107 Å². The molecule has 0 aliphatic heterocycles. The molecule has 0 saturated carbocycles. The fourth-order valence-corrected chi connectivity index (χ4v) is 3.32. The molecule has 1 amide bonds. The molecule has 8 nitrogen and oxygen atoms in total. The first-order valence-corrected chi connectivity index (χ1v) is 9.97. The molecule has 238 valence electrons. The second-order valence-electron chi connectivity index (χ2n) is 10.3. The van der Waals surface area contributed by atoms with Crippen molar-refractivity contribution >= 4 is 11.9 Å². The van der Waals surface area contributed by atoms with Gasteiger partial charge in [0.25, 0.3) is 0 Å². The van der Waals surface area contributed by atoms with Crippen molar-refractivity contribution in [3.63, 3.8) is 0 Å². The molecule has 0 aromatic heterocycles. The number of aliphatic hydroxyl groups is 2. The number of likely N-dealkylation sites (N-methyl/N-ethyl adjacent to an activating group) is 2. The number of carboxylic acids is 1. The number of rotatable bonds is 13. The van der Waals surface area contributed by atoms with E-state index in [2.05, 4.69) is 5.32 Å². The van der Waals surface area contributed by atoms with Crippen molar-refractivity contribution in [1.82, 2.24) is 5.32 Å². The predicted octanol–water partition coefficient (Wildman–Crippen LogP) is 1.88. The largest absolute Gasteiger partial charge is 1.00 e. The van der Waals surface area contributed by atoms with Gasteiger partial charge >= 0.3 is 29.6 Å². The Morgan fingerprint density at radius 3 is 1.53 bits per heavy atom. The Labute approximate surface area is 265 Å². The number of nitrogens with one attached hydrogen (secondary N) is 1. The molecule has 0 aromatic carbocycles. The maximum absolute atomic E-state index is 12.7. The summed E-state index contributed by atoms with van der Waals surface area (Å²) >= 11 is 0. The summed E-state index contributed by atoms with van der Waals surface area (Å²) in [6, 6.07) is 0. The molecule has 0 aromatic rings. The van der Waals surface area contributed by atoms with E-state index in [9.17, 15) is 24.9 Å². The van der Waals surface area contributed by atoms with E-state index < -0.39 is 29.5 Å². The average Bonchev–Trinajstić information content (AvgIpc) is 2.48. The normalized spacial score (nSPS) is 12.1. The minimum Gasteiger partial charge on any atom is -0.550 e. The molecular formula is C29H78N3NaO5+2. The fourth-order valence-electron chi connectivity index (χ4n) is 3.32. The molecular weight excluding hydrogens is 493 g/mol. The average molecular weight is 572 g/mol. The van der Waals surface area contributed by atoms with Gasteiger partial charge in [-0.3, -0.25) is 4.79 Å². The van der Waals surface area contributed by atoms with Gasteiger partial charge in [0.15, 0.2) is 12.8 Å². The van der Waals surface area contributed by atoms with Crippen LogP contribution in [0.5, 0.6) is 0 Å². The maximum atomic E-state index is 12.7. The van der Waals surface area contributed by atoms with Crippen molar-refractivity contribution in [1.29, 1.82) is 0 Å². The van der Waals surface area contributed by atoms with Gasteiger partial charge in [0.05, 0.1) is 41.3 Å². The summed E-state index contributed by atoms with van der Waals surface area (Å²) < 4.78 is 1.05. The van der Waals surface area contributed by atoms with E-state index in [0.717, 1.165) is 0 Å². The predicted molar refractivity (Wildman–Crippen MR) is 167 cm³/mol. The Kier molecular flexibility index (Phi) is 55.8. The van der Waals surface area contributed by atoms with E-state index in [1.165, 1.54) is 0 Å². The third-order valence-corrected chi connectivity index (χ3v) is 4.86. The van der Waals surface area contributed by atoms with Gasteiger partial charge in [-0.2, -0.15) is 0 Å². The van der Waals surface area contributed by atoms with E-state index in [4.69, 9.17) is 0 Å². The Balaban J connectivity index is -0.0000000810. The van der Waals surface area contributed by atoms with Crippen molar-refractivity contribution in [3.05, 3.63) is 0 Å². The third-order valence-electron chi connectivity index (χ3n) is 4.86. The molecule has 0 rings (SSSR count). The minimum absolute atomic E-state index is 0. The van der Waals surface area contributed by atoms with Crippen LogP contribution in [-0.4, -0.2) is 98.3 Å². The Bertz CT molecular complexity index is 525. The number of aliphatic carboxylic acids is 1. The van der Waals surface area contributed by atoms with Gasteiger partial charge in [0.2, 0.25) is 5.91 Å². The van der Waals surface area contributed by atoms with Gasteiger partial charge in [-0.15, -0.1) is 0 Å². The fraction of sp³-hybridized carbons (Fsp3) is 0.931. The molecule has 9 heteroatoms. The molecule has 0 radical (unpaired) electrons. The number of amides is 1. The van der Waals surface area contributed by atoms with E-state index >= 15 is 0 Å². The Hall–Kier alpha value is -0.220. The molecule has 3 unspecified atom stereocenters. The van der Waals surface area contributed by atoms with E-state index in [1.54, 1.807) is 20.8 Å². The zero-order chi connectivity index (χ0) is 22.3. The van der Waals surface area contributed by atoms with Gasteiger partial charge in [-0.1, -0.05) is 87.6 Å². The molecule has 3 N–H and O–H groups in total. The zero-order valence-corrected chi connectivity index (χ0v) is 22.0. The molecule has 38 heavy (non-hydrogen) atoms. The first-order chi connectivity index (χ1) is 12.5. The standard InChI is InChI=1S/C20H41N3O5.9CH4.Na/c1-9-16(24)10-15(18(26)27)11-20(2,3)19(28)21-14-23(7,8)13-17(25)12-22(4,5)6;;;;;;;;;;/h15-17,24-25H,9-14H2,1-8H3;9*1H4;/q;;;;;;;;;;+1/p+1. The number of carbonyl (C=O) groups excluding carboxylic acids is 2. The van der Waals surface area contributed by atoms with Crippen LogP contribution in [0, 0.1) is 11.3 Å². The summed E-state index contributed by atoms with van der Waals surface area (Å²) in [4.78, 5) is 24.1. The second-order valence-corrected chi connectivity index (χ2v) is 10.3. The Morgan fingerprint density at radius 1 is 0.816 bits per heavy atom. The van der Waals surface area contributed by atoms with Crippen LogP contribution >= 0.6 is 0 Å². The molecule has 3 atom stereocenters. The molecule has 0 heterocycles. The van der Waals surface area contributed by atoms with Gasteiger partial charge in [-0.05, 0) is 19.3 Å². The molecule has 0 bridgehead atoms. The summed E-state index contributed by atoms with van der Waals surface area (Å²) in [6.45, 7) is 6.59. The topological polar surface area (TPSA) is 110 Å². The van der Waals surface area contributed by atoms with Crippen molar-refractivity contribution in [2.24, 2.45) is 11.3 Å². The molecule has 0 saturated heterocycles. The second kappa shape index (κ2) is 29.8. The number of hydrogen-bond donors (Lipinski definition) is 3. The molecule has 0 fully saturated rings. The molecule has 0 spiro atoms. The van der Waals surface area contributed by atoms with Gasteiger partial charge in [-0.25, -0.2) is 0 Å². The van der Waals surface area contributed by atoms with E-state index in [-0.39, 0.29) is 115 Å². The third kappa shape index (κ3) is 32.0. The quantitative estimate of drug-likeness (QED) is 0.178. The number of hydrogen-bond acceptors (Lipinski definition) is 5. The van der Waals surface area contributed by atoms with Crippen LogP contribution in [0.2, 0.25) is 0 Å². The number of carboxylic acid groups (broad SMARTS) is 1. The van der Waals surface area contributed by atoms with Crippen LogP contribution < -0.4 is 40.0 Å². The number of quaternary nitrogens is 2. The van der Waals surface area contributed by atoms with Gasteiger partial charge < -0.3 is 34.4 Å². The minimum atomic E-state index is -1.24. The van der Waals surface area contributed by atoms with Gasteiger partial charge in [0.1, 0.15) is 13.1 Å². The van der Waals surface area contributed by atoms with Crippen LogP contribution in [0.4, 0.5) is 0 Å². The SMILES string of the molecule is C.C.C.C.C.C.C.C.C.CCC(O)CC(CC(C)(C)C(=O)NC[N+](C)(C)CC(O)C[N+](C)(C)C)C(=O)[O-].[Na+].